The minimum absolute atomic E-state index is 0.0590. The molecule has 0 aliphatic carbocycles. The van der Waals surface area contributed by atoms with E-state index in [9.17, 15) is 13.6 Å². The van der Waals surface area contributed by atoms with Crippen molar-refractivity contribution in [3.05, 3.63) is 35.4 Å². The lowest BCUT2D eigenvalue weighted by atomic mass is 10.1. The molecule has 0 aliphatic heterocycles. The molecule has 0 fully saturated rings. The fourth-order valence-electron chi connectivity index (χ4n) is 1.61. The van der Waals surface area contributed by atoms with Crippen molar-refractivity contribution in [1.82, 2.24) is 10.6 Å². The second kappa shape index (κ2) is 7.06. The highest BCUT2D eigenvalue weighted by Gasteiger charge is 2.08. The first-order valence-electron chi connectivity index (χ1n) is 5.88. The summed E-state index contributed by atoms with van der Waals surface area (Å²) in [4.78, 5) is 11.6. The molecule has 0 unspecified atom stereocenters. The molecule has 0 aliphatic rings. The van der Waals surface area contributed by atoms with Crippen LogP contribution in [0.1, 0.15) is 12.5 Å². The van der Waals surface area contributed by atoms with Gasteiger partial charge in [-0.2, -0.15) is 0 Å². The van der Waals surface area contributed by atoms with E-state index >= 15 is 0 Å². The van der Waals surface area contributed by atoms with Crippen LogP contribution in [0.3, 0.4) is 0 Å². The zero-order valence-corrected chi connectivity index (χ0v) is 10.6. The Morgan fingerprint density at radius 3 is 2.61 bits per heavy atom. The number of carbonyl (C=O) groups excluding carboxylic acids is 1. The Hall–Kier alpha value is -1.49. The van der Waals surface area contributed by atoms with E-state index in [1.165, 1.54) is 6.07 Å². The van der Waals surface area contributed by atoms with Gasteiger partial charge in [-0.05, 0) is 37.2 Å². The lowest BCUT2D eigenvalue weighted by Crippen LogP contribution is -2.33. The largest absolute Gasteiger partial charge is 0.355 e. The average Bonchev–Trinajstić information content (AvgIpc) is 2.32. The molecule has 1 aromatic rings. The molecule has 5 heteroatoms. The number of halogens is 2. The van der Waals surface area contributed by atoms with Crippen molar-refractivity contribution in [1.29, 1.82) is 0 Å². The normalized spacial score (nSPS) is 12.2. The number of hydrogen-bond acceptors (Lipinski definition) is 2. The smallest absolute Gasteiger partial charge is 0.224 e. The third kappa shape index (κ3) is 4.79. The Labute approximate surface area is 106 Å². The summed E-state index contributed by atoms with van der Waals surface area (Å²) in [5, 5.41) is 5.77. The van der Waals surface area contributed by atoms with Crippen LogP contribution in [0.4, 0.5) is 8.78 Å². The van der Waals surface area contributed by atoms with Crippen molar-refractivity contribution in [2.24, 2.45) is 5.92 Å². The first kappa shape index (κ1) is 14.6. The van der Waals surface area contributed by atoms with E-state index in [1.807, 2.05) is 14.0 Å². The minimum atomic E-state index is -0.927. The van der Waals surface area contributed by atoms with Crippen molar-refractivity contribution >= 4 is 5.91 Å². The van der Waals surface area contributed by atoms with Gasteiger partial charge in [0.25, 0.3) is 0 Å². The van der Waals surface area contributed by atoms with Gasteiger partial charge in [0, 0.05) is 6.54 Å². The fourth-order valence-corrected chi connectivity index (χ4v) is 1.61. The molecular formula is C13H18F2N2O. The van der Waals surface area contributed by atoms with E-state index in [-0.39, 0.29) is 12.3 Å². The first-order chi connectivity index (χ1) is 8.52. The van der Waals surface area contributed by atoms with Crippen molar-refractivity contribution in [3.8, 4) is 0 Å². The van der Waals surface area contributed by atoms with Crippen LogP contribution in [0.2, 0.25) is 0 Å². The predicted molar refractivity (Wildman–Crippen MR) is 66.2 cm³/mol. The van der Waals surface area contributed by atoms with E-state index in [0.29, 0.717) is 18.0 Å². The monoisotopic (exact) mass is 256 g/mol. The Kier molecular flexibility index (Phi) is 5.71. The first-order valence-corrected chi connectivity index (χ1v) is 5.88. The summed E-state index contributed by atoms with van der Waals surface area (Å²) in [5.74, 6) is -1.70. The zero-order valence-electron chi connectivity index (χ0n) is 10.6. The molecule has 0 radical (unpaired) electrons. The molecule has 1 rings (SSSR count). The standard InChI is InChI=1S/C13H18F2N2O/c1-9(7-16-2)8-17-13(18)6-10-3-4-11(14)12(15)5-10/h3-5,9,16H,6-8H2,1-2H3,(H,17,18)/t9-/m0/s1. The second-order valence-electron chi connectivity index (χ2n) is 4.39. The Morgan fingerprint density at radius 1 is 1.28 bits per heavy atom. The van der Waals surface area contributed by atoms with Crippen molar-refractivity contribution in [2.45, 2.75) is 13.3 Å². The topological polar surface area (TPSA) is 41.1 Å². The van der Waals surface area contributed by atoms with Crippen LogP contribution in [0.25, 0.3) is 0 Å². The quantitative estimate of drug-likeness (QED) is 0.809. The third-order valence-electron chi connectivity index (χ3n) is 2.55. The Morgan fingerprint density at radius 2 is 2.00 bits per heavy atom. The second-order valence-corrected chi connectivity index (χ2v) is 4.39. The SMILES string of the molecule is CNC[C@H](C)CNC(=O)Cc1ccc(F)c(F)c1. The van der Waals surface area contributed by atoms with Crippen molar-refractivity contribution < 1.29 is 13.6 Å². The van der Waals surface area contributed by atoms with Gasteiger partial charge in [-0.3, -0.25) is 4.79 Å². The summed E-state index contributed by atoms with van der Waals surface area (Å²) in [5.41, 5.74) is 0.465. The maximum absolute atomic E-state index is 12.9. The number of amides is 1. The molecule has 0 saturated heterocycles. The molecule has 1 aromatic carbocycles. The molecular weight excluding hydrogens is 238 g/mol. The molecule has 18 heavy (non-hydrogen) atoms. The van der Waals surface area contributed by atoms with Gasteiger partial charge in [0.05, 0.1) is 6.42 Å². The van der Waals surface area contributed by atoms with E-state index in [0.717, 1.165) is 18.7 Å². The van der Waals surface area contributed by atoms with Gasteiger partial charge in [-0.25, -0.2) is 8.78 Å². The number of benzene rings is 1. The fraction of sp³-hybridized carbons (Fsp3) is 0.462. The molecule has 0 aromatic heterocycles. The van der Waals surface area contributed by atoms with Gasteiger partial charge in [0.1, 0.15) is 0 Å². The number of rotatable bonds is 6. The van der Waals surface area contributed by atoms with Crippen LogP contribution in [0.15, 0.2) is 18.2 Å². The average molecular weight is 256 g/mol. The van der Waals surface area contributed by atoms with Gasteiger partial charge in [0.2, 0.25) is 5.91 Å². The molecule has 0 spiro atoms. The van der Waals surface area contributed by atoms with Crippen LogP contribution in [-0.2, 0) is 11.2 Å². The summed E-state index contributed by atoms with van der Waals surface area (Å²) < 4.78 is 25.6. The molecule has 3 nitrogen and oxygen atoms in total. The summed E-state index contributed by atoms with van der Waals surface area (Å²) in [6.07, 6.45) is 0.0590. The molecule has 0 saturated carbocycles. The van der Waals surface area contributed by atoms with Gasteiger partial charge >= 0.3 is 0 Å². The van der Waals surface area contributed by atoms with Crippen LogP contribution >= 0.6 is 0 Å². The number of hydrogen-bond donors (Lipinski definition) is 2. The number of nitrogens with one attached hydrogen (secondary N) is 2. The van der Waals surface area contributed by atoms with Crippen molar-refractivity contribution in [2.75, 3.05) is 20.1 Å². The third-order valence-corrected chi connectivity index (χ3v) is 2.55. The lowest BCUT2D eigenvalue weighted by molar-refractivity contribution is -0.120. The molecule has 0 bridgehead atoms. The van der Waals surface area contributed by atoms with Crippen LogP contribution in [-0.4, -0.2) is 26.0 Å². The molecule has 1 atom stereocenters. The minimum Gasteiger partial charge on any atom is -0.355 e. The summed E-state index contributed by atoms with van der Waals surface area (Å²) in [6.45, 7) is 3.38. The Balaban J connectivity index is 2.42. The maximum atomic E-state index is 12.9. The van der Waals surface area contributed by atoms with Gasteiger partial charge in [-0.15, -0.1) is 0 Å². The zero-order chi connectivity index (χ0) is 13.5. The van der Waals surface area contributed by atoms with E-state index in [1.54, 1.807) is 0 Å². The van der Waals surface area contributed by atoms with E-state index in [2.05, 4.69) is 10.6 Å². The van der Waals surface area contributed by atoms with Crippen LogP contribution in [0, 0.1) is 17.6 Å². The lowest BCUT2D eigenvalue weighted by Gasteiger charge is -2.12. The molecule has 100 valence electrons. The maximum Gasteiger partial charge on any atom is 0.224 e. The molecule has 0 heterocycles. The summed E-state index contributed by atoms with van der Waals surface area (Å²) in [7, 11) is 1.85. The number of carbonyl (C=O) groups is 1. The highest BCUT2D eigenvalue weighted by molar-refractivity contribution is 5.78. The van der Waals surface area contributed by atoms with Crippen LogP contribution < -0.4 is 10.6 Å². The summed E-state index contributed by atoms with van der Waals surface area (Å²) >= 11 is 0. The Bertz CT molecular complexity index is 410. The summed E-state index contributed by atoms with van der Waals surface area (Å²) in [6, 6.07) is 3.49. The molecule has 2 N–H and O–H groups in total. The van der Waals surface area contributed by atoms with Gasteiger partial charge in [0.15, 0.2) is 11.6 Å². The highest BCUT2D eigenvalue weighted by atomic mass is 19.2. The highest BCUT2D eigenvalue weighted by Crippen LogP contribution is 2.09. The van der Waals surface area contributed by atoms with E-state index in [4.69, 9.17) is 0 Å². The van der Waals surface area contributed by atoms with E-state index < -0.39 is 11.6 Å². The van der Waals surface area contributed by atoms with Crippen molar-refractivity contribution in [3.63, 3.8) is 0 Å². The predicted octanol–water partition coefficient (Wildman–Crippen LogP) is 1.48. The van der Waals surface area contributed by atoms with Gasteiger partial charge in [-0.1, -0.05) is 13.0 Å². The van der Waals surface area contributed by atoms with Gasteiger partial charge < -0.3 is 10.6 Å². The molecule has 1 amide bonds. The van der Waals surface area contributed by atoms with Crippen LogP contribution in [0.5, 0.6) is 0 Å².